The van der Waals surface area contributed by atoms with Crippen molar-refractivity contribution in [1.82, 2.24) is 0 Å². The van der Waals surface area contributed by atoms with Gasteiger partial charge in [-0.25, -0.2) is 0 Å². The molecule has 1 aliphatic carbocycles. The summed E-state index contributed by atoms with van der Waals surface area (Å²) in [6.45, 7) is 0. The molecule has 0 saturated heterocycles. The van der Waals surface area contributed by atoms with Crippen molar-refractivity contribution >= 4 is 69.6 Å². The molecule has 68 valence electrons. The van der Waals surface area contributed by atoms with E-state index < -0.39 is 8.67 Å². The van der Waals surface area contributed by atoms with E-state index in [0.717, 1.165) is 0 Å². The Balaban J connectivity index is 3.15. The Morgan fingerprint density at radius 1 is 0.750 bits per heavy atom. The molecule has 0 bridgehead atoms. The van der Waals surface area contributed by atoms with Crippen LogP contribution in [0.25, 0.3) is 0 Å². The number of hydrogen-bond donors (Lipinski definition) is 0. The first-order valence-corrected chi connectivity index (χ1v) is 5.15. The second kappa shape index (κ2) is 3.42. The molecule has 0 unspecified atom stereocenters. The van der Waals surface area contributed by atoms with Crippen LogP contribution in [-0.4, -0.2) is 8.67 Å². The van der Waals surface area contributed by atoms with Crippen LogP contribution < -0.4 is 0 Å². The van der Waals surface area contributed by atoms with Gasteiger partial charge in [-0.1, -0.05) is 69.6 Å². The third-order valence-electron chi connectivity index (χ3n) is 1.58. The van der Waals surface area contributed by atoms with E-state index in [2.05, 4.69) is 0 Å². The molecular weight excluding hydrogens is 285 g/mol. The van der Waals surface area contributed by atoms with Gasteiger partial charge in [-0.2, -0.15) is 0 Å². The average Bonchev–Trinajstić information content (AvgIpc) is 1.98. The summed E-state index contributed by atoms with van der Waals surface area (Å²) in [5.74, 6) is 0. The van der Waals surface area contributed by atoms with Crippen molar-refractivity contribution in [3.05, 3.63) is 22.2 Å². The summed E-state index contributed by atoms with van der Waals surface area (Å²) < 4.78 is -2.78. The van der Waals surface area contributed by atoms with E-state index in [1.54, 1.807) is 0 Å². The molecule has 1 fully saturated rings. The van der Waals surface area contributed by atoms with Crippen molar-refractivity contribution in [2.75, 3.05) is 0 Å². The van der Waals surface area contributed by atoms with Crippen LogP contribution in [0.2, 0.25) is 0 Å². The Bertz CT molecular complexity index is 233. The number of halogens is 6. The summed E-state index contributed by atoms with van der Waals surface area (Å²) in [5.41, 5.74) is 3.26. The molecule has 1 aliphatic rings. The van der Waals surface area contributed by atoms with Crippen LogP contribution in [0.15, 0.2) is 22.2 Å². The maximum atomic E-state index is 5.79. The lowest BCUT2D eigenvalue weighted by molar-refractivity contribution is 0.719. The van der Waals surface area contributed by atoms with E-state index in [9.17, 15) is 0 Å². The van der Waals surface area contributed by atoms with Crippen LogP contribution in [-0.2, 0) is 0 Å². The smallest absolute Gasteiger partial charge is 0.0925 e. The van der Waals surface area contributed by atoms with E-state index in [4.69, 9.17) is 69.6 Å². The van der Waals surface area contributed by atoms with Gasteiger partial charge < -0.3 is 0 Å². The maximum Gasteiger partial charge on any atom is 0.181 e. The monoisotopic (exact) mass is 284 g/mol. The Hall–Kier alpha value is 1.22. The fraction of sp³-hybridized carbons (Fsp3) is 0.333. The fourth-order valence-corrected chi connectivity index (χ4v) is 2.69. The second-order valence-electron chi connectivity index (χ2n) is 2.19. The van der Waals surface area contributed by atoms with Gasteiger partial charge in [-0.05, 0) is 0 Å². The maximum absolute atomic E-state index is 5.79. The Morgan fingerprint density at radius 2 is 1.00 bits per heavy atom. The molecule has 0 radical (unpaired) electrons. The summed E-state index contributed by atoms with van der Waals surface area (Å²) in [6.07, 6.45) is 0. The fourth-order valence-electron chi connectivity index (χ4n) is 0.869. The molecule has 1 rings (SSSR count). The number of allylic oxidation sites excluding steroid dienone is 2. The second-order valence-corrected chi connectivity index (χ2v) is 5.29. The summed E-state index contributed by atoms with van der Waals surface area (Å²) >= 11 is 34.0. The van der Waals surface area contributed by atoms with Crippen LogP contribution in [0.4, 0.5) is 0 Å². The Labute approximate surface area is 100.0 Å². The topological polar surface area (TPSA) is 0 Å². The average molecular weight is 287 g/mol. The molecule has 0 aliphatic heterocycles. The molecule has 0 N–H and O–H groups in total. The predicted octanol–water partition coefficient (Wildman–Crippen LogP) is 4.59. The molecule has 0 atom stereocenters. The zero-order chi connectivity index (χ0) is 9.57. The van der Waals surface area contributed by atoms with E-state index in [0.29, 0.717) is 11.1 Å². The summed E-state index contributed by atoms with van der Waals surface area (Å²) in [7, 11) is 0. The molecule has 0 aromatic rings. The van der Waals surface area contributed by atoms with Crippen LogP contribution >= 0.6 is 69.6 Å². The van der Waals surface area contributed by atoms with E-state index >= 15 is 0 Å². The summed E-state index contributed by atoms with van der Waals surface area (Å²) in [6, 6.07) is 0. The van der Waals surface area contributed by atoms with E-state index in [1.807, 2.05) is 0 Å². The van der Waals surface area contributed by atoms with Gasteiger partial charge in [0.25, 0.3) is 0 Å². The van der Waals surface area contributed by atoms with Gasteiger partial charge in [0, 0.05) is 22.2 Å². The van der Waals surface area contributed by atoms with Crippen molar-refractivity contribution in [1.29, 1.82) is 0 Å². The highest BCUT2D eigenvalue weighted by molar-refractivity contribution is 6.68. The third-order valence-corrected chi connectivity index (χ3v) is 4.35. The molecule has 0 aromatic carbocycles. The van der Waals surface area contributed by atoms with Gasteiger partial charge in [0.1, 0.15) is 0 Å². The van der Waals surface area contributed by atoms with Gasteiger partial charge >= 0.3 is 0 Å². The molecule has 0 spiro atoms. The third kappa shape index (κ3) is 1.28. The molecule has 12 heavy (non-hydrogen) atoms. The zero-order valence-electron chi connectivity index (χ0n) is 5.42. The predicted molar refractivity (Wildman–Crippen MR) is 56.7 cm³/mol. The SMILES string of the molecule is Cl/C=C1/C(=C\Cl)C(Cl)(Cl)C1(Cl)Cl. The van der Waals surface area contributed by atoms with E-state index in [1.165, 1.54) is 11.1 Å². The van der Waals surface area contributed by atoms with Crippen LogP contribution in [0.3, 0.4) is 0 Å². The minimum atomic E-state index is -1.39. The van der Waals surface area contributed by atoms with E-state index in [-0.39, 0.29) is 0 Å². The highest BCUT2D eigenvalue weighted by Crippen LogP contribution is 2.64. The highest BCUT2D eigenvalue weighted by atomic mass is 35.5. The lowest BCUT2D eigenvalue weighted by Crippen LogP contribution is -2.51. The number of hydrogen-bond acceptors (Lipinski definition) is 0. The van der Waals surface area contributed by atoms with Crippen LogP contribution in [0.1, 0.15) is 0 Å². The normalized spacial score (nSPS) is 32.2. The van der Waals surface area contributed by atoms with Crippen LogP contribution in [0, 0.1) is 0 Å². The van der Waals surface area contributed by atoms with Crippen molar-refractivity contribution in [2.45, 2.75) is 8.67 Å². The first kappa shape index (κ1) is 11.3. The first-order chi connectivity index (χ1) is 5.39. The van der Waals surface area contributed by atoms with Gasteiger partial charge in [-0.15, -0.1) is 0 Å². The molecule has 0 nitrogen and oxygen atoms in total. The Morgan fingerprint density at radius 3 is 1.17 bits per heavy atom. The van der Waals surface area contributed by atoms with Crippen molar-refractivity contribution in [3.63, 3.8) is 0 Å². The lowest BCUT2D eigenvalue weighted by Gasteiger charge is -2.47. The van der Waals surface area contributed by atoms with Crippen LogP contribution in [0.5, 0.6) is 0 Å². The quantitative estimate of drug-likeness (QED) is 0.571. The molecule has 0 heterocycles. The molecule has 1 saturated carbocycles. The molecule has 6 heteroatoms. The van der Waals surface area contributed by atoms with Crippen molar-refractivity contribution in [3.8, 4) is 0 Å². The van der Waals surface area contributed by atoms with Gasteiger partial charge in [0.2, 0.25) is 0 Å². The lowest BCUT2D eigenvalue weighted by atomic mass is 9.85. The summed E-state index contributed by atoms with van der Waals surface area (Å²) in [4.78, 5) is 0. The standard InChI is InChI=1S/C6H2Cl6/c7-1-3-4(2-8)6(11,12)5(3,9)10/h1-2H/b3-1-,4-2+. The molecule has 0 aromatic heterocycles. The zero-order valence-corrected chi connectivity index (χ0v) is 9.96. The molecule has 0 amide bonds. The van der Waals surface area contributed by atoms with Gasteiger partial charge in [0.05, 0.1) is 0 Å². The largest absolute Gasteiger partial charge is 0.181 e. The van der Waals surface area contributed by atoms with Gasteiger partial charge in [0.15, 0.2) is 8.67 Å². The molecular formula is C6H2Cl6. The first-order valence-electron chi connectivity index (χ1n) is 2.77. The van der Waals surface area contributed by atoms with Gasteiger partial charge in [-0.3, -0.25) is 0 Å². The number of alkyl halides is 4. The van der Waals surface area contributed by atoms with Crippen molar-refractivity contribution in [2.24, 2.45) is 0 Å². The minimum Gasteiger partial charge on any atom is -0.0925 e. The highest BCUT2D eigenvalue weighted by Gasteiger charge is 2.64. The Kier molecular flexibility index (Phi) is 3.22. The number of rotatable bonds is 0. The van der Waals surface area contributed by atoms with Crippen molar-refractivity contribution < 1.29 is 0 Å². The summed E-state index contributed by atoms with van der Waals surface area (Å²) in [5, 5.41) is 0. The minimum absolute atomic E-state index is 0.424.